The van der Waals surface area contributed by atoms with Crippen molar-refractivity contribution in [3.63, 3.8) is 0 Å². The number of rotatable bonds is 4. The molecule has 1 atom stereocenters. The molecule has 0 aliphatic carbocycles. The van der Waals surface area contributed by atoms with Gasteiger partial charge in [-0.1, -0.05) is 18.3 Å². The van der Waals surface area contributed by atoms with Gasteiger partial charge < -0.3 is 9.14 Å². The summed E-state index contributed by atoms with van der Waals surface area (Å²) in [6, 6.07) is 3.64. The Labute approximate surface area is 149 Å². The Morgan fingerprint density at radius 2 is 2.32 bits per heavy atom. The molecule has 1 fully saturated rings. The molecular weight excluding hydrogens is 338 g/mol. The first-order valence-corrected chi connectivity index (χ1v) is 9.21. The third kappa shape index (κ3) is 3.03. The Hall–Kier alpha value is -2.32. The number of imidazole rings is 1. The van der Waals surface area contributed by atoms with Crippen LogP contribution in [0.5, 0.6) is 0 Å². The number of anilines is 1. The lowest BCUT2D eigenvalue weighted by atomic mass is 10.2. The van der Waals surface area contributed by atoms with E-state index >= 15 is 0 Å². The molecule has 8 heteroatoms. The minimum Gasteiger partial charge on any atom is -0.371 e. The second-order valence-corrected chi connectivity index (χ2v) is 7.05. The Balaban J connectivity index is 1.54. The summed E-state index contributed by atoms with van der Waals surface area (Å²) in [5.41, 5.74) is 3.51. The lowest BCUT2D eigenvalue weighted by molar-refractivity contribution is 0.102. The molecule has 1 unspecified atom stereocenters. The van der Waals surface area contributed by atoms with Gasteiger partial charge in [-0.2, -0.15) is 0 Å². The Bertz CT molecular complexity index is 926. The first kappa shape index (κ1) is 16.2. The van der Waals surface area contributed by atoms with Crippen molar-refractivity contribution in [3.05, 3.63) is 40.3 Å². The van der Waals surface area contributed by atoms with E-state index in [-0.39, 0.29) is 12.0 Å². The van der Waals surface area contributed by atoms with E-state index in [0.717, 1.165) is 47.9 Å². The van der Waals surface area contributed by atoms with E-state index in [9.17, 15) is 4.79 Å². The number of nitrogens with zero attached hydrogens (tertiary/aromatic N) is 4. The topological polar surface area (TPSA) is 81.4 Å². The summed E-state index contributed by atoms with van der Waals surface area (Å²) in [5.74, 6) is -0.205. The van der Waals surface area contributed by atoms with E-state index in [1.165, 1.54) is 11.3 Å². The van der Waals surface area contributed by atoms with Crippen molar-refractivity contribution >= 4 is 28.0 Å². The fourth-order valence-corrected chi connectivity index (χ4v) is 3.86. The van der Waals surface area contributed by atoms with Gasteiger partial charge in [-0.15, -0.1) is 10.2 Å². The first-order valence-electron chi connectivity index (χ1n) is 8.39. The van der Waals surface area contributed by atoms with Gasteiger partial charge in [-0.25, -0.2) is 4.98 Å². The quantitative estimate of drug-likeness (QED) is 0.776. The van der Waals surface area contributed by atoms with E-state index < -0.39 is 0 Å². The van der Waals surface area contributed by atoms with Crippen LogP contribution in [0.2, 0.25) is 0 Å². The number of hydrogen-bond donors (Lipinski definition) is 1. The molecule has 0 saturated carbocycles. The normalized spacial score (nSPS) is 17.3. The van der Waals surface area contributed by atoms with Gasteiger partial charge in [0.1, 0.15) is 16.8 Å². The van der Waals surface area contributed by atoms with E-state index in [1.54, 1.807) is 6.07 Å². The van der Waals surface area contributed by atoms with Crippen LogP contribution in [0.1, 0.15) is 52.6 Å². The number of carbonyl (C=O) groups is 1. The number of pyridine rings is 1. The maximum absolute atomic E-state index is 12.5. The fraction of sp³-hybridized carbons (Fsp3) is 0.412. The van der Waals surface area contributed by atoms with E-state index in [2.05, 4.69) is 27.4 Å². The van der Waals surface area contributed by atoms with Gasteiger partial charge in [0, 0.05) is 18.5 Å². The molecule has 3 aromatic rings. The fourth-order valence-electron chi connectivity index (χ4n) is 3.04. The summed E-state index contributed by atoms with van der Waals surface area (Å²) in [4.78, 5) is 17.1. The van der Waals surface area contributed by atoms with E-state index in [4.69, 9.17) is 4.74 Å². The lowest BCUT2D eigenvalue weighted by Gasteiger charge is -2.04. The number of aryl methyl sites for hydroxylation is 2. The highest BCUT2D eigenvalue weighted by molar-refractivity contribution is 7.15. The van der Waals surface area contributed by atoms with Crippen LogP contribution >= 0.6 is 11.3 Å². The largest absolute Gasteiger partial charge is 0.371 e. The number of nitrogens with one attached hydrogen (secondary N) is 1. The van der Waals surface area contributed by atoms with Crippen molar-refractivity contribution in [2.75, 3.05) is 11.9 Å². The molecule has 3 aromatic heterocycles. The summed E-state index contributed by atoms with van der Waals surface area (Å²) in [6.45, 7) is 4.85. The average Bonchev–Trinajstić information content (AvgIpc) is 3.34. The standard InChI is InChI=1S/C17H19N5O2S/c1-3-12-10(2)22-9-11(6-7-14(22)18-12)15(23)19-17-21-20-16(25-17)13-5-4-8-24-13/h6-7,9,13H,3-5,8H2,1-2H3,(H,19,21,23). The molecule has 1 N–H and O–H groups in total. The van der Waals surface area contributed by atoms with Crippen molar-refractivity contribution in [3.8, 4) is 0 Å². The number of aromatic nitrogens is 4. The van der Waals surface area contributed by atoms with E-state index in [1.807, 2.05) is 23.6 Å². The highest BCUT2D eigenvalue weighted by atomic mass is 32.1. The van der Waals surface area contributed by atoms with Gasteiger partial charge in [-0.3, -0.25) is 10.1 Å². The third-order valence-corrected chi connectivity index (χ3v) is 5.35. The van der Waals surface area contributed by atoms with Crippen molar-refractivity contribution in [2.24, 2.45) is 0 Å². The zero-order chi connectivity index (χ0) is 17.4. The SMILES string of the molecule is CCc1nc2ccc(C(=O)Nc3nnc(C4CCCO4)s3)cn2c1C. The molecule has 1 aliphatic rings. The summed E-state index contributed by atoms with van der Waals surface area (Å²) in [7, 11) is 0. The monoisotopic (exact) mass is 357 g/mol. The Kier molecular flexibility index (Phi) is 4.22. The van der Waals surface area contributed by atoms with Crippen molar-refractivity contribution in [1.29, 1.82) is 0 Å². The van der Waals surface area contributed by atoms with Gasteiger partial charge in [-0.05, 0) is 38.3 Å². The van der Waals surface area contributed by atoms with E-state index in [0.29, 0.717) is 10.7 Å². The van der Waals surface area contributed by atoms with Crippen molar-refractivity contribution < 1.29 is 9.53 Å². The molecule has 7 nitrogen and oxygen atoms in total. The van der Waals surface area contributed by atoms with Crippen LogP contribution in [0.15, 0.2) is 18.3 Å². The summed E-state index contributed by atoms with van der Waals surface area (Å²) < 4.78 is 7.55. The molecule has 0 radical (unpaired) electrons. The lowest BCUT2D eigenvalue weighted by Crippen LogP contribution is -2.12. The Morgan fingerprint density at radius 3 is 3.08 bits per heavy atom. The summed E-state index contributed by atoms with van der Waals surface area (Å²) in [5, 5.41) is 12.3. The number of carbonyl (C=O) groups excluding carboxylic acids is 1. The van der Waals surface area contributed by atoms with Crippen LogP contribution in [-0.2, 0) is 11.2 Å². The molecule has 1 amide bonds. The van der Waals surface area contributed by atoms with Gasteiger partial charge >= 0.3 is 0 Å². The maximum Gasteiger partial charge on any atom is 0.258 e. The predicted molar refractivity (Wildman–Crippen MR) is 95.1 cm³/mol. The highest BCUT2D eigenvalue weighted by Gasteiger charge is 2.22. The van der Waals surface area contributed by atoms with Crippen LogP contribution in [0.4, 0.5) is 5.13 Å². The molecular formula is C17H19N5O2S. The molecule has 130 valence electrons. The van der Waals surface area contributed by atoms with Gasteiger partial charge in [0.05, 0.1) is 11.3 Å². The molecule has 0 bridgehead atoms. The zero-order valence-corrected chi connectivity index (χ0v) is 15.0. The summed E-state index contributed by atoms with van der Waals surface area (Å²) >= 11 is 1.37. The molecule has 4 rings (SSSR count). The predicted octanol–water partition coefficient (Wildman–Crippen LogP) is 3.16. The first-order chi connectivity index (χ1) is 12.2. The van der Waals surface area contributed by atoms with Crippen LogP contribution in [0, 0.1) is 6.92 Å². The van der Waals surface area contributed by atoms with Crippen LogP contribution in [0.3, 0.4) is 0 Å². The van der Waals surface area contributed by atoms with Crippen LogP contribution in [0.25, 0.3) is 5.65 Å². The van der Waals surface area contributed by atoms with Crippen LogP contribution < -0.4 is 5.32 Å². The van der Waals surface area contributed by atoms with Gasteiger partial charge in [0.25, 0.3) is 5.91 Å². The highest BCUT2D eigenvalue weighted by Crippen LogP contribution is 2.32. The van der Waals surface area contributed by atoms with Gasteiger partial charge in [0.2, 0.25) is 5.13 Å². The number of fused-ring (bicyclic) bond motifs is 1. The number of ether oxygens (including phenoxy) is 1. The molecule has 1 saturated heterocycles. The average molecular weight is 357 g/mol. The number of amides is 1. The van der Waals surface area contributed by atoms with Crippen molar-refractivity contribution in [1.82, 2.24) is 19.6 Å². The molecule has 0 spiro atoms. The minimum absolute atomic E-state index is 0.0144. The Morgan fingerprint density at radius 1 is 1.44 bits per heavy atom. The molecule has 25 heavy (non-hydrogen) atoms. The molecule has 0 aromatic carbocycles. The molecule has 4 heterocycles. The van der Waals surface area contributed by atoms with Gasteiger partial charge in [0.15, 0.2) is 0 Å². The van der Waals surface area contributed by atoms with Crippen LogP contribution in [-0.4, -0.2) is 32.1 Å². The maximum atomic E-state index is 12.5. The second kappa shape index (κ2) is 6.53. The smallest absolute Gasteiger partial charge is 0.258 e. The number of hydrogen-bond acceptors (Lipinski definition) is 6. The molecule has 1 aliphatic heterocycles. The zero-order valence-electron chi connectivity index (χ0n) is 14.2. The third-order valence-electron chi connectivity index (χ3n) is 4.42. The summed E-state index contributed by atoms with van der Waals surface area (Å²) in [6.07, 6.45) is 4.69. The minimum atomic E-state index is -0.205. The second-order valence-electron chi connectivity index (χ2n) is 6.04. The van der Waals surface area contributed by atoms with Crippen molar-refractivity contribution in [2.45, 2.75) is 39.2 Å².